The average molecular weight is 408 g/mol. The molecule has 0 bridgehead atoms. The molecule has 0 aliphatic carbocycles. The highest BCUT2D eigenvalue weighted by atomic mass is 32.1. The van der Waals surface area contributed by atoms with Gasteiger partial charge in [-0.15, -0.1) is 0 Å². The van der Waals surface area contributed by atoms with E-state index in [4.69, 9.17) is 0 Å². The number of benzene rings is 1. The number of carbonyl (C=O) groups is 1. The van der Waals surface area contributed by atoms with Crippen LogP contribution in [0.1, 0.15) is 23.0 Å². The van der Waals surface area contributed by atoms with Crippen molar-refractivity contribution in [3.05, 3.63) is 47.9 Å². The van der Waals surface area contributed by atoms with Crippen LogP contribution in [0.3, 0.4) is 0 Å². The minimum atomic E-state index is -4.35. The maximum absolute atomic E-state index is 12.7. The summed E-state index contributed by atoms with van der Waals surface area (Å²) in [6.45, 7) is 6.19. The van der Waals surface area contributed by atoms with Gasteiger partial charge in [0, 0.05) is 38.6 Å². The van der Waals surface area contributed by atoms with E-state index in [0.717, 1.165) is 36.6 Å². The zero-order chi connectivity index (χ0) is 19.9. The zero-order valence-electron chi connectivity index (χ0n) is 15.2. The summed E-state index contributed by atoms with van der Waals surface area (Å²) in [5.74, 6) is -0.0808. The number of likely N-dealkylation sites (N-methyl/N-ethyl adjacent to an activating group) is 1. The lowest BCUT2D eigenvalue weighted by Gasteiger charge is -2.33. The fourth-order valence-corrected chi connectivity index (χ4v) is 4.26. The number of carbonyl (C=O) groups excluding carboxylic acids is 1. The number of halogens is 3. The Kier molecular flexibility index (Phi) is 4.88. The fourth-order valence-electron chi connectivity index (χ4n) is 3.28. The van der Waals surface area contributed by atoms with Gasteiger partial charge in [0.1, 0.15) is 5.69 Å². The number of piperazine rings is 1. The zero-order valence-corrected chi connectivity index (χ0v) is 16.1. The third-order valence-corrected chi connectivity index (χ3v) is 6.02. The number of fused-ring (bicyclic) bond motifs is 1. The first-order valence-corrected chi connectivity index (χ1v) is 9.84. The van der Waals surface area contributed by atoms with Crippen molar-refractivity contribution in [3.63, 3.8) is 0 Å². The van der Waals surface area contributed by atoms with E-state index in [1.165, 1.54) is 23.5 Å². The molecule has 0 saturated carbocycles. The molecule has 0 atom stereocenters. The Hall–Kier alpha value is -2.39. The lowest BCUT2D eigenvalue weighted by Crippen LogP contribution is -2.48. The summed E-state index contributed by atoms with van der Waals surface area (Å²) in [4.78, 5) is 22.7. The molecular weight excluding hydrogens is 389 g/mol. The van der Waals surface area contributed by atoms with Crippen LogP contribution in [-0.4, -0.2) is 57.8 Å². The monoisotopic (exact) mass is 408 g/mol. The SMILES string of the molecule is CCN1CCN(C(=O)c2cn3cc(-c4ccc(C(F)(F)F)cc4)sc3n2)CC1. The molecule has 0 unspecified atom stereocenters. The van der Waals surface area contributed by atoms with Gasteiger partial charge in [0.15, 0.2) is 4.96 Å². The number of alkyl halides is 3. The number of hydrogen-bond acceptors (Lipinski definition) is 4. The molecule has 9 heteroatoms. The molecule has 1 amide bonds. The van der Waals surface area contributed by atoms with E-state index in [-0.39, 0.29) is 5.91 Å². The summed E-state index contributed by atoms with van der Waals surface area (Å²) in [6.07, 6.45) is -0.865. The van der Waals surface area contributed by atoms with Crippen molar-refractivity contribution in [2.75, 3.05) is 32.7 Å². The quantitative estimate of drug-likeness (QED) is 0.661. The highest BCUT2D eigenvalue weighted by molar-refractivity contribution is 7.20. The summed E-state index contributed by atoms with van der Waals surface area (Å²) in [5, 5.41) is 0. The standard InChI is InChI=1S/C19H19F3N4OS/c1-2-24-7-9-25(10-8-24)17(27)15-11-26-12-16(28-18(26)23-15)13-3-5-14(6-4-13)19(20,21)22/h3-6,11-12H,2,7-10H2,1H3. The molecule has 2 aromatic heterocycles. The first kappa shape index (κ1) is 18.9. The molecule has 1 aliphatic rings. The minimum Gasteiger partial charge on any atom is -0.335 e. The van der Waals surface area contributed by atoms with Gasteiger partial charge in [-0.1, -0.05) is 30.4 Å². The summed E-state index contributed by atoms with van der Waals surface area (Å²) in [7, 11) is 0. The molecule has 4 rings (SSSR count). The molecule has 5 nitrogen and oxygen atoms in total. The molecule has 1 aromatic carbocycles. The van der Waals surface area contributed by atoms with E-state index in [9.17, 15) is 18.0 Å². The Morgan fingerprint density at radius 2 is 1.79 bits per heavy atom. The molecule has 0 N–H and O–H groups in total. The van der Waals surface area contributed by atoms with Crippen molar-refractivity contribution < 1.29 is 18.0 Å². The highest BCUT2D eigenvalue weighted by Gasteiger charge is 2.30. The summed E-state index contributed by atoms with van der Waals surface area (Å²) < 4.78 is 39.9. The van der Waals surface area contributed by atoms with Crippen molar-refractivity contribution in [1.29, 1.82) is 0 Å². The third-order valence-electron chi connectivity index (χ3n) is 4.98. The van der Waals surface area contributed by atoms with E-state index in [0.29, 0.717) is 29.3 Å². The maximum Gasteiger partial charge on any atom is 0.416 e. The number of rotatable bonds is 3. The second-order valence-electron chi connectivity index (χ2n) is 6.71. The first-order valence-electron chi connectivity index (χ1n) is 9.03. The summed E-state index contributed by atoms with van der Waals surface area (Å²) >= 11 is 1.34. The summed E-state index contributed by atoms with van der Waals surface area (Å²) in [6, 6.07) is 5.05. The smallest absolute Gasteiger partial charge is 0.335 e. The topological polar surface area (TPSA) is 40.9 Å². The largest absolute Gasteiger partial charge is 0.416 e. The molecule has 3 aromatic rings. The van der Waals surface area contributed by atoms with Crippen LogP contribution < -0.4 is 0 Å². The van der Waals surface area contributed by atoms with Gasteiger partial charge in [0.25, 0.3) is 5.91 Å². The van der Waals surface area contributed by atoms with Crippen LogP contribution >= 0.6 is 11.3 Å². The van der Waals surface area contributed by atoms with Crippen LogP contribution in [-0.2, 0) is 6.18 Å². The Bertz CT molecular complexity index is 953. The second-order valence-corrected chi connectivity index (χ2v) is 7.72. The normalized spacial score (nSPS) is 16.1. The van der Waals surface area contributed by atoms with Gasteiger partial charge in [-0.05, 0) is 24.2 Å². The van der Waals surface area contributed by atoms with Crippen LogP contribution in [0, 0.1) is 0 Å². The van der Waals surface area contributed by atoms with Gasteiger partial charge in [0.2, 0.25) is 0 Å². The Morgan fingerprint density at radius 1 is 1.11 bits per heavy atom. The molecule has 1 fully saturated rings. The molecule has 3 heterocycles. The lowest BCUT2D eigenvalue weighted by atomic mass is 10.1. The third kappa shape index (κ3) is 3.64. The molecule has 148 valence electrons. The fraction of sp³-hybridized carbons (Fsp3) is 0.368. The van der Waals surface area contributed by atoms with Gasteiger partial charge >= 0.3 is 6.18 Å². The van der Waals surface area contributed by atoms with Crippen molar-refractivity contribution >= 4 is 22.2 Å². The van der Waals surface area contributed by atoms with Crippen molar-refractivity contribution in [2.45, 2.75) is 13.1 Å². The van der Waals surface area contributed by atoms with Crippen LogP contribution in [0.15, 0.2) is 36.7 Å². The maximum atomic E-state index is 12.7. The van der Waals surface area contributed by atoms with Crippen molar-refractivity contribution in [2.24, 2.45) is 0 Å². The minimum absolute atomic E-state index is 0.0808. The van der Waals surface area contributed by atoms with E-state index >= 15 is 0 Å². The Balaban J connectivity index is 1.51. The van der Waals surface area contributed by atoms with Crippen LogP contribution in [0.2, 0.25) is 0 Å². The molecular formula is C19H19F3N4OS. The lowest BCUT2D eigenvalue weighted by molar-refractivity contribution is -0.137. The van der Waals surface area contributed by atoms with Gasteiger partial charge < -0.3 is 9.80 Å². The van der Waals surface area contributed by atoms with E-state index in [2.05, 4.69) is 16.8 Å². The number of amides is 1. The van der Waals surface area contributed by atoms with Gasteiger partial charge in [-0.25, -0.2) is 4.98 Å². The van der Waals surface area contributed by atoms with Gasteiger partial charge in [0.05, 0.1) is 10.4 Å². The molecule has 0 spiro atoms. The Morgan fingerprint density at radius 3 is 2.36 bits per heavy atom. The second kappa shape index (κ2) is 7.21. The first-order chi connectivity index (χ1) is 13.3. The molecule has 1 aliphatic heterocycles. The van der Waals surface area contributed by atoms with E-state index in [1.807, 2.05) is 4.90 Å². The molecule has 1 saturated heterocycles. The van der Waals surface area contributed by atoms with E-state index < -0.39 is 11.7 Å². The highest BCUT2D eigenvalue weighted by Crippen LogP contribution is 2.33. The number of imidazole rings is 1. The van der Waals surface area contributed by atoms with Crippen molar-refractivity contribution in [1.82, 2.24) is 19.2 Å². The van der Waals surface area contributed by atoms with Crippen LogP contribution in [0.4, 0.5) is 13.2 Å². The molecule has 0 radical (unpaired) electrons. The number of nitrogens with zero attached hydrogens (tertiary/aromatic N) is 4. The number of hydrogen-bond donors (Lipinski definition) is 0. The number of aromatic nitrogens is 2. The van der Waals surface area contributed by atoms with Crippen molar-refractivity contribution in [3.8, 4) is 10.4 Å². The van der Waals surface area contributed by atoms with Gasteiger partial charge in [-0.2, -0.15) is 13.2 Å². The average Bonchev–Trinajstić information content (AvgIpc) is 3.26. The molecule has 28 heavy (non-hydrogen) atoms. The Labute approximate surface area is 164 Å². The number of thiazole rings is 1. The van der Waals surface area contributed by atoms with Gasteiger partial charge in [-0.3, -0.25) is 9.20 Å². The van der Waals surface area contributed by atoms with E-state index in [1.54, 1.807) is 16.8 Å². The summed E-state index contributed by atoms with van der Waals surface area (Å²) in [5.41, 5.74) is 0.413. The predicted octanol–water partition coefficient (Wildman–Crippen LogP) is 3.86. The van der Waals surface area contributed by atoms with Crippen LogP contribution in [0.25, 0.3) is 15.4 Å². The predicted molar refractivity (Wildman–Crippen MR) is 102 cm³/mol. The van der Waals surface area contributed by atoms with Crippen LogP contribution in [0.5, 0.6) is 0 Å².